The highest BCUT2D eigenvalue weighted by Gasteiger charge is 2.07. The lowest BCUT2D eigenvalue weighted by Gasteiger charge is -2.07. The average Bonchev–Trinajstić information content (AvgIpc) is 2.42. The molecule has 0 aliphatic rings. The van der Waals surface area contributed by atoms with Gasteiger partial charge in [-0.3, -0.25) is 4.79 Å². The molecule has 20 heavy (non-hydrogen) atoms. The number of benzene rings is 1. The van der Waals surface area contributed by atoms with Crippen LogP contribution in [0.3, 0.4) is 0 Å². The first kappa shape index (κ1) is 12.8. The number of para-hydroxylation sites is 1. The van der Waals surface area contributed by atoms with Crippen LogP contribution in [0, 0.1) is 6.92 Å². The Hall–Kier alpha value is -2.20. The molecule has 100 valence electrons. The molecule has 0 aliphatic carbocycles. The van der Waals surface area contributed by atoms with Crippen molar-refractivity contribution in [2.75, 3.05) is 0 Å². The van der Waals surface area contributed by atoms with Crippen molar-refractivity contribution in [3.63, 3.8) is 0 Å². The number of halogens is 1. The fraction of sp³-hybridized carbons (Fsp3) is 0.133. The first-order valence-electron chi connectivity index (χ1n) is 6.21. The maximum atomic E-state index is 11.9. The van der Waals surface area contributed by atoms with Gasteiger partial charge in [0, 0.05) is 17.0 Å². The van der Waals surface area contributed by atoms with Crippen molar-refractivity contribution in [3.8, 4) is 0 Å². The number of aryl methyl sites for hydroxylation is 1. The molecule has 0 radical (unpaired) electrons. The van der Waals surface area contributed by atoms with E-state index in [1.165, 1.54) is 4.68 Å². The van der Waals surface area contributed by atoms with E-state index in [2.05, 4.69) is 10.1 Å². The Balaban J connectivity index is 2.06. The van der Waals surface area contributed by atoms with Crippen molar-refractivity contribution < 1.29 is 0 Å². The third-order valence-corrected chi connectivity index (χ3v) is 3.40. The van der Waals surface area contributed by atoms with E-state index in [-0.39, 0.29) is 5.56 Å². The first-order valence-corrected chi connectivity index (χ1v) is 6.59. The molecule has 2 heterocycles. The van der Waals surface area contributed by atoms with E-state index >= 15 is 0 Å². The quantitative estimate of drug-likeness (QED) is 0.680. The first-order chi connectivity index (χ1) is 9.63. The number of pyridine rings is 1. The smallest absolute Gasteiger partial charge is 0.267 e. The van der Waals surface area contributed by atoms with E-state index in [1.54, 1.807) is 12.3 Å². The normalized spacial score (nSPS) is 10.9. The van der Waals surface area contributed by atoms with Gasteiger partial charge in [-0.1, -0.05) is 29.8 Å². The van der Waals surface area contributed by atoms with Crippen LogP contribution in [0.4, 0.5) is 0 Å². The molecule has 0 bridgehead atoms. The van der Waals surface area contributed by atoms with Gasteiger partial charge in [0.15, 0.2) is 0 Å². The Labute approximate surface area is 120 Å². The van der Waals surface area contributed by atoms with Crippen LogP contribution in [0.2, 0.25) is 5.15 Å². The van der Waals surface area contributed by atoms with Crippen LogP contribution < -0.4 is 5.56 Å². The molecule has 0 fully saturated rings. The van der Waals surface area contributed by atoms with Crippen LogP contribution in [0.1, 0.15) is 11.1 Å². The summed E-state index contributed by atoms with van der Waals surface area (Å²) in [5.74, 6) is 0. The zero-order valence-corrected chi connectivity index (χ0v) is 11.6. The maximum Gasteiger partial charge on any atom is 0.267 e. The van der Waals surface area contributed by atoms with Crippen molar-refractivity contribution in [2.24, 2.45) is 0 Å². The Bertz CT molecular complexity index is 842. The zero-order valence-electron chi connectivity index (χ0n) is 10.9. The van der Waals surface area contributed by atoms with E-state index in [4.69, 9.17) is 11.6 Å². The van der Waals surface area contributed by atoms with E-state index in [1.807, 2.05) is 37.3 Å². The SMILES string of the molecule is Cc1cnn(Cc2cc3ccccc3nc2Cl)c(=O)c1. The summed E-state index contributed by atoms with van der Waals surface area (Å²) in [6.45, 7) is 2.15. The van der Waals surface area contributed by atoms with Crippen LogP contribution >= 0.6 is 11.6 Å². The lowest BCUT2D eigenvalue weighted by Crippen LogP contribution is -2.22. The lowest BCUT2D eigenvalue weighted by molar-refractivity contribution is 0.635. The van der Waals surface area contributed by atoms with Gasteiger partial charge < -0.3 is 0 Å². The van der Waals surface area contributed by atoms with Crippen LogP contribution in [0.5, 0.6) is 0 Å². The summed E-state index contributed by atoms with van der Waals surface area (Å²) in [6, 6.07) is 11.2. The largest absolute Gasteiger partial charge is 0.268 e. The number of nitrogens with zero attached hydrogens (tertiary/aromatic N) is 3. The number of hydrogen-bond donors (Lipinski definition) is 0. The Morgan fingerprint density at radius 2 is 2.05 bits per heavy atom. The number of aromatic nitrogens is 3. The van der Waals surface area contributed by atoms with Crippen LogP contribution in [0.25, 0.3) is 10.9 Å². The Morgan fingerprint density at radius 1 is 1.25 bits per heavy atom. The van der Waals surface area contributed by atoms with Crippen LogP contribution in [0.15, 0.2) is 47.4 Å². The molecule has 4 nitrogen and oxygen atoms in total. The molecule has 0 saturated carbocycles. The molecule has 0 atom stereocenters. The molecule has 2 aromatic heterocycles. The van der Waals surface area contributed by atoms with E-state index in [9.17, 15) is 4.79 Å². The van der Waals surface area contributed by atoms with Gasteiger partial charge in [-0.25, -0.2) is 9.67 Å². The molecule has 0 N–H and O–H groups in total. The van der Waals surface area contributed by atoms with Gasteiger partial charge in [0.1, 0.15) is 5.15 Å². The van der Waals surface area contributed by atoms with Crippen molar-refractivity contribution >= 4 is 22.5 Å². The predicted octanol–water partition coefficient (Wildman–Crippen LogP) is 2.80. The van der Waals surface area contributed by atoms with Gasteiger partial charge in [0.05, 0.1) is 18.3 Å². The monoisotopic (exact) mass is 285 g/mol. The lowest BCUT2D eigenvalue weighted by atomic mass is 10.1. The van der Waals surface area contributed by atoms with E-state index in [0.29, 0.717) is 11.7 Å². The van der Waals surface area contributed by atoms with Gasteiger partial charge in [-0.2, -0.15) is 5.10 Å². The minimum absolute atomic E-state index is 0.144. The molecule has 0 unspecified atom stereocenters. The minimum Gasteiger partial charge on any atom is -0.268 e. The summed E-state index contributed by atoms with van der Waals surface area (Å²) < 4.78 is 1.38. The Morgan fingerprint density at radius 3 is 2.85 bits per heavy atom. The van der Waals surface area contributed by atoms with E-state index in [0.717, 1.165) is 22.0 Å². The molecule has 1 aromatic carbocycles. The molecule has 0 amide bonds. The minimum atomic E-state index is -0.144. The standard InChI is InChI=1S/C15H12ClN3O/c1-10-6-14(20)19(17-8-10)9-12-7-11-4-2-3-5-13(11)18-15(12)16/h2-8H,9H2,1H3. The summed E-state index contributed by atoms with van der Waals surface area (Å²) in [4.78, 5) is 16.2. The topological polar surface area (TPSA) is 47.8 Å². The molecular weight excluding hydrogens is 274 g/mol. The second-order valence-electron chi connectivity index (χ2n) is 4.66. The van der Waals surface area contributed by atoms with Crippen molar-refractivity contribution in [1.82, 2.24) is 14.8 Å². The molecule has 0 spiro atoms. The fourth-order valence-electron chi connectivity index (χ4n) is 2.05. The summed E-state index contributed by atoms with van der Waals surface area (Å²) in [6.07, 6.45) is 1.66. The second-order valence-corrected chi connectivity index (χ2v) is 5.02. The molecular formula is C15H12ClN3O. The van der Waals surface area contributed by atoms with Gasteiger partial charge in [-0.15, -0.1) is 0 Å². The van der Waals surface area contributed by atoms with E-state index < -0.39 is 0 Å². The number of rotatable bonds is 2. The third-order valence-electron chi connectivity index (χ3n) is 3.08. The highest BCUT2D eigenvalue weighted by Crippen LogP contribution is 2.20. The summed E-state index contributed by atoms with van der Waals surface area (Å²) >= 11 is 6.18. The highest BCUT2D eigenvalue weighted by atomic mass is 35.5. The third kappa shape index (κ3) is 2.42. The molecule has 0 aliphatic heterocycles. The molecule has 5 heteroatoms. The molecule has 3 rings (SSSR count). The molecule has 3 aromatic rings. The van der Waals surface area contributed by atoms with Gasteiger partial charge in [-0.05, 0) is 24.6 Å². The Kier molecular flexibility index (Phi) is 3.24. The summed E-state index contributed by atoms with van der Waals surface area (Å²) in [7, 11) is 0. The zero-order chi connectivity index (χ0) is 14.1. The van der Waals surface area contributed by atoms with Gasteiger partial charge in [0.25, 0.3) is 5.56 Å². The fourth-order valence-corrected chi connectivity index (χ4v) is 2.26. The van der Waals surface area contributed by atoms with Crippen LogP contribution in [-0.4, -0.2) is 14.8 Å². The van der Waals surface area contributed by atoms with Crippen LogP contribution in [-0.2, 0) is 6.54 Å². The van der Waals surface area contributed by atoms with Crippen molar-refractivity contribution in [3.05, 3.63) is 69.2 Å². The molecule has 0 saturated heterocycles. The maximum absolute atomic E-state index is 11.9. The highest BCUT2D eigenvalue weighted by molar-refractivity contribution is 6.30. The van der Waals surface area contributed by atoms with Gasteiger partial charge in [0.2, 0.25) is 0 Å². The summed E-state index contributed by atoms with van der Waals surface area (Å²) in [5.41, 5.74) is 2.32. The average molecular weight is 286 g/mol. The number of fused-ring (bicyclic) bond motifs is 1. The number of hydrogen-bond acceptors (Lipinski definition) is 3. The van der Waals surface area contributed by atoms with Crippen molar-refractivity contribution in [2.45, 2.75) is 13.5 Å². The van der Waals surface area contributed by atoms with Crippen molar-refractivity contribution in [1.29, 1.82) is 0 Å². The summed E-state index contributed by atoms with van der Waals surface area (Å²) in [5, 5.41) is 5.51. The predicted molar refractivity (Wildman–Crippen MR) is 79.1 cm³/mol. The second kappa shape index (κ2) is 5.06. The van der Waals surface area contributed by atoms with Gasteiger partial charge >= 0.3 is 0 Å².